The van der Waals surface area contributed by atoms with E-state index in [9.17, 15) is 9.59 Å². The van der Waals surface area contributed by atoms with Gasteiger partial charge in [-0.3, -0.25) is 9.59 Å². The van der Waals surface area contributed by atoms with E-state index in [1.54, 1.807) is 16.7 Å². The molecule has 2 unspecified atom stereocenters. The quantitative estimate of drug-likeness (QED) is 0.832. The van der Waals surface area contributed by atoms with Crippen LogP contribution in [-0.2, 0) is 16.2 Å². The molecule has 0 aliphatic carbocycles. The fraction of sp³-hybridized carbons (Fsp3) is 0.263. The molecule has 0 aromatic heterocycles. The van der Waals surface area contributed by atoms with E-state index in [1.807, 2.05) is 55.5 Å². The minimum atomic E-state index is -0.455. The molecule has 2 amide bonds. The Morgan fingerprint density at radius 1 is 1.28 bits per heavy atom. The predicted molar refractivity (Wildman–Crippen MR) is 102 cm³/mol. The van der Waals surface area contributed by atoms with E-state index in [0.717, 1.165) is 15.6 Å². The second kappa shape index (κ2) is 6.18. The van der Waals surface area contributed by atoms with Crippen molar-refractivity contribution in [3.05, 3.63) is 69.7 Å². The number of thioether (sulfide) groups is 1. The molecule has 2 aromatic rings. The van der Waals surface area contributed by atoms with Gasteiger partial charge in [0.25, 0.3) is 5.91 Å². The minimum Gasteiger partial charge on any atom is -0.350 e. The molecule has 2 heterocycles. The summed E-state index contributed by atoms with van der Waals surface area (Å²) in [6.07, 6.45) is 0. The lowest BCUT2D eigenvalue weighted by molar-refractivity contribution is -0.125. The van der Waals surface area contributed by atoms with Crippen molar-refractivity contribution in [2.75, 3.05) is 5.75 Å². The molecule has 0 spiro atoms. The summed E-state index contributed by atoms with van der Waals surface area (Å²) in [5.74, 6) is 0.454. The Kier molecular flexibility index (Phi) is 4.12. The average molecular weight is 417 g/mol. The minimum absolute atomic E-state index is 0.0517. The van der Waals surface area contributed by atoms with Gasteiger partial charge in [-0.25, -0.2) is 0 Å². The molecule has 2 atom stereocenters. The number of rotatable bonds is 3. The number of hydrogen-bond donors (Lipinski definition) is 1. The normalized spacial score (nSPS) is 24.2. The van der Waals surface area contributed by atoms with Crippen molar-refractivity contribution in [1.29, 1.82) is 0 Å². The van der Waals surface area contributed by atoms with E-state index in [1.165, 1.54) is 0 Å². The first-order valence-electron chi connectivity index (χ1n) is 8.10. The van der Waals surface area contributed by atoms with Crippen LogP contribution in [0.4, 0.5) is 0 Å². The fourth-order valence-electron chi connectivity index (χ4n) is 3.56. The lowest BCUT2D eigenvalue weighted by Crippen LogP contribution is -2.49. The molecule has 2 aromatic carbocycles. The maximum absolute atomic E-state index is 12.9. The number of hydrogen-bond acceptors (Lipinski definition) is 3. The zero-order valence-electron chi connectivity index (χ0n) is 13.7. The Morgan fingerprint density at radius 2 is 2.00 bits per heavy atom. The lowest BCUT2D eigenvalue weighted by atomic mass is 10.1. The Morgan fingerprint density at radius 3 is 2.80 bits per heavy atom. The van der Waals surface area contributed by atoms with Crippen molar-refractivity contribution in [2.24, 2.45) is 0 Å². The zero-order valence-corrected chi connectivity index (χ0v) is 16.1. The first-order chi connectivity index (χ1) is 12.0. The van der Waals surface area contributed by atoms with Crippen LogP contribution in [0.1, 0.15) is 28.4 Å². The molecular weight excluding hydrogens is 400 g/mol. The van der Waals surface area contributed by atoms with Gasteiger partial charge < -0.3 is 10.2 Å². The van der Waals surface area contributed by atoms with Crippen molar-refractivity contribution in [1.82, 2.24) is 10.2 Å². The summed E-state index contributed by atoms with van der Waals surface area (Å²) in [6, 6.07) is 15.0. The van der Waals surface area contributed by atoms with Gasteiger partial charge in [0.05, 0.1) is 0 Å². The molecule has 1 saturated heterocycles. The maximum Gasteiger partial charge on any atom is 0.256 e. The van der Waals surface area contributed by atoms with Crippen LogP contribution < -0.4 is 5.32 Å². The van der Waals surface area contributed by atoms with Gasteiger partial charge in [0.2, 0.25) is 5.91 Å². The zero-order chi connectivity index (χ0) is 17.6. The topological polar surface area (TPSA) is 49.4 Å². The largest absolute Gasteiger partial charge is 0.350 e. The van der Waals surface area contributed by atoms with E-state index in [2.05, 4.69) is 21.2 Å². The monoisotopic (exact) mass is 416 g/mol. The highest BCUT2D eigenvalue weighted by Crippen LogP contribution is 2.53. The molecule has 0 saturated carbocycles. The van der Waals surface area contributed by atoms with Crippen LogP contribution in [0.25, 0.3) is 0 Å². The second-order valence-corrected chi connectivity index (χ2v) is 8.61. The van der Waals surface area contributed by atoms with Gasteiger partial charge in [0.1, 0.15) is 10.9 Å². The number of carbonyl (C=O) groups excluding carboxylic acids is 2. The fourth-order valence-corrected chi connectivity index (χ4v) is 5.45. The van der Waals surface area contributed by atoms with Gasteiger partial charge in [-0.05, 0) is 24.6 Å². The predicted octanol–water partition coefficient (Wildman–Crippen LogP) is 3.51. The number of amides is 2. The molecule has 0 bridgehead atoms. The Hall–Kier alpha value is -1.79. The maximum atomic E-state index is 12.9. The number of halogens is 1. The lowest BCUT2D eigenvalue weighted by Gasteiger charge is -2.30. The number of nitrogens with one attached hydrogen (secondary N) is 1. The standard InChI is InChI=1S/C19H17BrN2O2S/c1-19-14-8-4-3-7-13(14)18(24)22(19)16(11-25-19)17(23)21-10-12-6-2-5-9-15(12)20/h2-9,16H,10-11H2,1H3,(H,21,23). The van der Waals surface area contributed by atoms with Gasteiger partial charge in [-0.15, -0.1) is 11.8 Å². The first kappa shape index (κ1) is 16.7. The third-order valence-electron chi connectivity index (χ3n) is 4.88. The average Bonchev–Trinajstić information content (AvgIpc) is 3.08. The first-order valence-corrected chi connectivity index (χ1v) is 9.88. The van der Waals surface area contributed by atoms with Gasteiger partial charge in [-0.1, -0.05) is 52.3 Å². The molecule has 0 radical (unpaired) electrons. The number of benzene rings is 2. The summed E-state index contributed by atoms with van der Waals surface area (Å²) >= 11 is 5.15. The highest BCUT2D eigenvalue weighted by molar-refractivity contribution is 9.10. The Labute approximate surface area is 159 Å². The summed E-state index contributed by atoms with van der Waals surface area (Å²) in [5, 5.41) is 2.98. The molecule has 6 heteroatoms. The molecule has 4 nitrogen and oxygen atoms in total. The van der Waals surface area contributed by atoms with Gasteiger partial charge in [0, 0.05) is 27.9 Å². The van der Waals surface area contributed by atoms with E-state index in [4.69, 9.17) is 0 Å². The molecule has 128 valence electrons. The van der Waals surface area contributed by atoms with Crippen molar-refractivity contribution in [3.63, 3.8) is 0 Å². The number of fused-ring (bicyclic) bond motifs is 3. The van der Waals surface area contributed by atoms with Crippen LogP contribution in [0.2, 0.25) is 0 Å². The van der Waals surface area contributed by atoms with Gasteiger partial charge in [-0.2, -0.15) is 0 Å². The SMILES string of the molecule is CC12SCC(C(=O)NCc3ccccc3Br)N1C(=O)c1ccccc12. The number of carbonyl (C=O) groups is 2. The van der Waals surface area contributed by atoms with Crippen LogP contribution in [-0.4, -0.2) is 28.5 Å². The summed E-state index contributed by atoms with van der Waals surface area (Å²) in [5.41, 5.74) is 2.73. The van der Waals surface area contributed by atoms with Crippen LogP contribution in [0.15, 0.2) is 53.0 Å². The summed E-state index contributed by atoms with van der Waals surface area (Å²) in [4.78, 5) is 26.9. The summed E-state index contributed by atoms with van der Waals surface area (Å²) < 4.78 is 0.964. The van der Waals surface area contributed by atoms with E-state index < -0.39 is 10.9 Å². The molecule has 2 aliphatic heterocycles. The molecule has 2 aliphatic rings. The van der Waals surface area contributed by atoms with E-state index >= 15 is 0 Å². The molecule has 1 N–H and O–H groups in total. The van der Waals surface area contributed by atoms with Crippen molar-refractivity contribution in [3.8, 4) is 0 Å². The third-order valence-corrected chi connectivity index (χ3v) is 7.12. The van der Waals surface area contributed by atoms with Gasteiger partial charge >= 0.3 is 0 Å². The Balaban J connectivity index is 1.54. The van der Waals surface area contributed by atoms with Crippen molar-refractivity contribution < 1.29 is 9.59 Å². The van der Waals surface area contributed by atoms with Crippen molar-refractivity contribution >= 4 is 39.5 Å². The van der Waals surface area contributed by atoms with Crippen LogP contribution >= 0.6 is 27.7 Å². The smallest absolute Gasteiger partial charge is 0.256 e. The van der Waals surface area contributed by atoms with Crippen molar-refractivity contribution in [2.45, 2.75) is 24.4 Å². The number of nitrogens with zero attached hydrogens (tertiary/aromatic N) is 1. The Bertz CT molecular complexity index is 872. The van der Waals surface area contributed by atoms with Crippen LogP contribution in [0.3, 0.4) is 0 Å². The summed E-state index contributed by atoms with van der Waals surface area (Å²) in [7, 11) is 0. The highest BCUT2D eigenvalue weighted by atomic mass is 79.9. The summed E-state index contributed by atoms with van der Waals surface area (Å²) in [6.45, 7) is 2.47. The van der Waals surface area contributed by atoms with Gasteiger partial charge in [0.15, 0.2) is 0 Å². The molecular formula is C19H17BrN2O2S. The van der Waals surface area contributed by atoms with E-state index in [-0.39, 0.29) is 11.8 Å². The second-order valence-electron chi connectivity index (χ2n) is 6.34. The molecule has 1 fully saturated rings. The van der Waals surface area contributed by atoms with Crippen LogP contribution in [0, 0.1) is 0 Å². The molecule has 4 rings (SSSR count). The molecule has 25 heavy (non-hydrogen) atoms. The third kappa shape index (κ3) is 2.59. The van der Waals surface area contributed by atoms with Crippen LogP contribution in [0.5, 0.6) is 0 Å². The van der Waals surface area contributed by atoms with E-state index in [0.29, 0.717) is 17.9 Å². The highest BCUT2D eigenvalue weighted by Gasteiger charge is 2.55.